The maximum absolute atomic E-state index is 12.5. The van der Waals surface area contributed by atoms with Crippen molar-refractivity contribution in [2.24, 2.45) is 5.92 Å². The Morgan fingerprint density at radius 1 is 1.58 bits per heavy atom. The second-order valence-corrected chi connectivity index (χ2v) is 5.59. The molecule has 2 rings (SSSR count). The van der Waals surface area contributed by atoms with E-state index in [0.29, 0.717) is 23.8 Å². The first kappa shape index (κ1) is 14.0. The van der Waals surface area contributed by atoms with E-state index in [1.54, 1.807) is 24.1 Å². The van der Waals surface area contributed by atoms with Crippen molar-refractivity contribution in [1.82, 2.24) is 4.90 Å². The van der Waals surface area contributed by atoms with Crippen molar-refractivity contribution in [3.05, 3.63) is 28.2 Å². The Kier molecular flexibility index (Phi) is 4.49. The van der Waals surface area contributed by atoms with E-state index >= 15 is 0 Å². The van der Waals surface area contributed by atoms with E-state index in [9.17, 15) is 4.79 Å². The third-order valence-corrected chi connectivity index (χ3v) is 3.63. The molecule has 1 aromatic carbocycles. The Balaban J connectivity index is 2.22. The van der Waals surface area contributed by atoms with E-state index in [2.05, 4.69) is 21.9 Å². The van der Waals surface area contributed by atoms with Gasteiger partial charge in [0.05, 0.1) is 19.2 Å². The van der Waals surface area contributed by atoms with Crippen LogP contribution in [0.25, 0.3) is 0 Å². The van der Waals surface area contributed by atoms with Gasteiger partial charge < -0.3 is 9.64 Å². The summed E-state index contributed by atoms with van der Waals surface area (Å²) in [7, 11) is 1.56. The fourth-order valence-electron chi connectivity index (χ4n) is 1.95. The van der Waals surface area contributed by atoms with Gasteiger partial charge in [-0.15, -0.1) is 6.42 Å². The van der Waals surface area contributed by atoms with Gasteiger partial charge in [-0.3, -0.25) is 4.79 Å². The van der Waals surface area contributed by atoms with Crippen LogP contribution in [0.1, 0.15) is 23.2 Å². The standard InChI is InChI=1S/C15H16BrNO2/c1-3-8-17(10-11-4-5-11)15(18)13-7-6-12(16)9-14(13)19-2/h1,6-7,9,11H,4-5,8,10H2,2H3. The minimum absolute atomic E-state index is 0.0609. The SMILES string of the molecule is C#CCN(CC1CC1)C(=O)c1ccc(Br)cc1OC. The summed E-state index contributed by atoms with van der Waals surface area (Å²) in [4.78, 5) is 14.2. The molecule has 3 nitrogen and oxygen atoms in total. The summed E-state index contributed by atoms with van der Waals surface area (Å²) in [5.74, 6) is 3.67. The van der Waals surface area contributed by atoms with Gasteiger partial charge in [0.25, 0.3) is 5.91 Å². The first-order valence-electron chi connectivity index (χ1n) is 6.22. The number of methoxy groups -OCH3 is 1. The number of carbonyl (C=O) groups is 1. The zero-order valence-corrected chi connectivity index (χ0v) is 12.4. The molecule has 0 saturated heterocycles. The average molecular weight is 322 g/mol. The van der Waals surface area contributed by atoms with Crippen molar-refractivity contribution < 1.29 is 9.53 Å². The van der Waals surface area contributed by atoms with E-state index in [-0.39, 0.29) is 5.91 Å². The zero-order valence-electron chi connectivity index (χ0n) is 10.9. The number of carbonyl (C=O) groups excluding carboxylic acids is 1. The minimum atomic E-state index is -0.0609. The number of amides is 1. The van der Waals surface area contributed by atoms with Crippen molar-refractivity contribution in [3.63, 3.8) is 0 Å². The molecule has 0 aliphatic heterocycles. The Hall–Kier alpha value is -1.47. The maximum atomic E-state index is 12.5. The zero-order chi connectivity index (χ0) is 13.8. The van der Waals surface area contributed by atoms with E-state index < -0.39 is 0 Å². The molecule has 1 aromatic rings. The number of halogens is 1. The lowest BCUT2D eigenvalue weighted by molar-refractivity contribution is 0.0766. The summed E-state index contributed by atoms with van der Waals surface area (Å²) in [6.07, 6.45) is 7.73. The maximum Gasteiger partial charge on any atom is 0.258 e. The normalized spacial score (nSPS) is 13.7. The van der Waals surface area contributed by atoms with E-state index in [0.717, 1.165) is 11.0 Å². The van der Waals surface area contributed by atoms with Crippen LogP contribution in [0, 0.1) is 18.3 Å². The number of ether oxygens (including phenoxy) is 1. The van der Waals surface area contributed by atoms with Crippen LogP contribution in [0.3, 0.4) is 0 Å². The molecule has 19 heavy (non-hydrogen) atoms. The quantitative estimate of drug-likeness (QED) is 0.780. The number of benzene rings is 1. The summed E-state index contributed by atoms with van der Waals surface area (Å²) in [6.45, 7) is 1.08. The van der Waals surface area contributed by atoms with Crippen LogP contribution in [0.15, 0.2) is 22.7 Å². The first-order chi connectivity index (χ1) is 9.15. The Morgan fingerprint density at radius 2 is 2.32 bits per heavy atom. The van der Waals surface area contributed by atoms with Crippen molar-refractivity contribution in [1.29, 1.82) is 0 Å². The number of nitrogens with zero attached hydrogens (tertiary/aromatic N) is 1. The molecular weight excluding hydrogens is 306 g/mol. The molecule has 0 bridgehead atoms. The molecule has 1 aliphatic rings. The molecule has 1 saturated carbocycles. The van der Waals surface area contributed by atoms with E-state index in [1.165, 1.54) is 12.8 Å². The second-order valence-electron chi connectivity index (χ2n) is 4.68. The molecule has 0 radical (unpaired) electrons. The third kappa shape index (κ3) is 3.51. The Bertz CT molecular complexity index is 517. The number of terminal acetylenes is 1. The first-order valence-corrected chi connectivity index (χ1v) is 7.01. The fraction of sp³-hybridized carbons (Fsp3) is 0.400. The van der Waals surface area contributed by atoms with Crippen LogP contribution in [-0.2, 0) is 0 Å². The van der Waals surface area contributed by atoms with Gasteiger partial charge in [0.15, 0.2) is 0 Å². The summed E-state index contributed by atoms with van der Waals surface area (Å²) in [6, 6.07) is 5.39. The molecule has 0 N–H and O–H groups in total. The van der Waals surface area contributed by atoms with Crippen LogP contribution in [0.5, 0.6) is 5.75 Å². The van der Waals surface area contributed by atoms with Crippen LogP contribution >= 0.6 is 15.9 Å². The smallest absolute Gasteiger partial charge is 0.258 e. The van der Waals surface area contributed by atoms with Gasteiger partial charge >= 0.3 is 0 Å². The predicted molar refractivity (Wildman–Crippen MR) is 78.2 cm³/mol. The number of rotatable bonds is 5. The van der Waals surface area contributed by atoms with Crippen LogP contribution in [0.4, 0.5) is 0 Å². The number of hydrogen-bond donors (Lipinski definition) is 0. The van der Waals surface area contributed by atoms with Gasteiger partial charge in [0.2, 0.25) is 0 Å². The highest BCUT2D eigenvalue weighted by molar-refractivity contribution is 9.10. The molecule has 0 spiro atoms. The molecule has 0 unspecified atom stereocenters. The van der Waals surface area contributed by atoms with Gasteiger partial charge in [-0.2, -0.15) is 0 Å². The number of hydrogen-bond acceptors (Lipinski definition) is 2. The molecule has 100 valence electrons. The summed E-state index contributed by atoms with van der Waals surface area (Å²) < 4.78 is 6.15. The van der Waals surface area contributed by atoms with Crippen LogP contribution in [-0.4, -0.2) is 31.0 Å². The topological polar surface area (TPSA) is 29.5 Å². The minimum Gasteiger partial charge on any atom is -0.496 e. The second kappa shape index (κ2) is 6.12. The molecule has 0 aromatic heterocycles. The largest absolute Gasteiger partial charge is 0.496 e. The fourth-order valence-corrected chi connectivity index (χ4v) is 2.29. The van der Waals surface area contributed by atoms with Crippen molar-refractivity contribution in [2.75, 3.05) is 20.2 Å². The summed E-state index contributed by atoms with van der Waals surface area (Å²) >= 11 is 3.37. The highest BCUT2D eigenvalue weighted by Crippen LogP contribution is 2.31. The van der Waals surface area contributed by atoms with E-state index in [1.807, 2.05) is 6.07 Å². The van der Waals surface area contributed by atoms with Gasteiger partial charge in [-0.05, 0) is 37.0 Å². The monoisotopic (exact) mass is 321 g/mol. The lowest BCUT2D eigenvalue weighted by Crippen LogP contribution is -2.33. The van der Waals surface area contributed by atoms with Gasteiger partial charge in [-0.1, -0.05) is 21.9 Å². The highest BCUT2D eigenvalue weighted by atomic mass is 79.9. The van der Waals surface area contributed by atoms with Gasteiger partial charge in [0.1, 0.15) is 5.75 Å². The Morgan fingerprint density at radius 3 is 2.89 bits per heavy atom. The lowest BCUT2D eigenvalue weighted by atomic mass is 10.1. The average Bonchev–Trinajstić information content (AvgIpc) is 3.21. The Labute approximate surface area is 122 Å². The molecule has 4 heteroatoms. The third-order valence-electron chi connectivity index (χ3n) is 3.14. The van der Waals surface area contributed by atoms with E-state index in [4.69, 9.17) is 11.2 Å². The highest BCUT2D eigenvalue weighted by Gasteiger charge is 2.28. The lowest BCUT2D eigenvalue weighted by Gasteiger charge is -2.21. The summed E-state index contributed by atoms with van der Waals surface area (Å²) in [5, 5.41) is 0. The van der Waals surface area contributed by atoms with Crippen molar-refractivity contribution in [2.45, 2.75) is 12.8 Å². The van der Waals surface area contributed by atoms with Gasteiger partial charge in [0, 0.05) is 11.0 Å². The predicted octanol–water partition coefficient (Wildman–Crippen LogP) is 2.94. The van der Waals surface area contributed by atoms with Crippen molar-refractivity contribution in [3.8, 4) is 18.1 Å². The molecular formula is C15H16BrNO2. The molecule has 1 fully saturated rings. The van der Waals surface area contributed by atoms with Gasteiger partial charge in [-0.25, -0.2) is 0 Å². The molecule has 0 atom stereocenters. The van der Waals surface area contributed by atoms with Crippen molar-refractivity contribution >= 4 is 21.8 Å². The summed E-state index contributed by atoms with van der Waals surface area (Å²) in [5.41, 5.74) is 0.557. The molecule has 0 heterocycles. The molecule has 1 aliphatic carbocycles. The van der Waals surface area contributed by atoms with Crippen LogP contribution < -0.4 is 4.74 Å². The molecule has 1 amide bonds. The van der Waals surface area contributed by atoms with Crippen LogP contribution in [0.2, 0.25) is 0 Å².